The molecule has 3 aromatic rings. The Morgan fingerprint density at radius 3 is 2.62 bits per heavy atom. The monoisotopic (exact) mass is 467 g/mol. The van der Waals surface area contributed by atoms with Gasteiger partial charge in [0.2, 0.25) is 0 Å². The molecule has 0 aliphatic carbocycles. The molecule has 4 rings (SSSR count). The number of halogens is 3. The van der Waals surface area contributed by atoms with E-state index in [4.69, 9.17) is 4.74 Å². The smallest absolute Gasteiger partial charge is 0.378 e. The average molecular weight is 467 g/mol. The molecule has 1 N–H and O–H groups in total. The van der Waals surface area contributed by atoms with Gasteiger partial charge in [0.25, 0.3) is 5.91 Å². The van der Waals surface area contributed by atoms with E-state index in [-0.39, 0.29) is 5.56 Å². The van der Waals surface area contributed by atoms with Gasteiger partial charge in [0.1, 0.15) is 6.07 Å². The second kappa shape index (κ2) is 9.49. The minimum atomic E-state index is -4.55. The van der Waals surface area contributed by atoms with Gasteiger partial charge in [0.05, 0.1) is 36.3 Å². The Labute approximate surface area is 193 Å². The zero-order chi connectivity index (χ0) is 24.3. The number of hydrogen-bond donors (Lipinski definition) is 1. The van der Waals surface area contributed by atoms with Crippen LogP contribution in [0.25, 0.3) is 11.1 Å². The molecule has 2 aromatic heterocycles. The van der Waals surface area contributed by atoms with Crippen LogP contribution in [-0.2, 0) is 10.9 Å². The van der Waals surface area contributed by atoms with Crippen LogP contribution in [0.4, 0.5) is 24.5 Å². The molecular formula is C24H20F3N5O2. The molecular weight excluding hydrogens is 447 g/mol. The number of ether oxygens (including phenoxy) is 1. The van der Waals surface area contributed by atoms with Crippen LogP contribution in [0.15, 0.2) is 48.8 Å². The van der Waals surface area contributed by atoms with E-state index in [0.29, 0.717) is 60.2 Å². The highest BCUT2D eigenvalue weighted by atomic mass is 19.4. The normalized spacial score (nSPS) is 13.9. The Hall–Kier alpha value is -3.97. The fourth-order valence-corrected chi connectivity index (χ4v) is 3.67. The Balaban J connectivity index is 1.63. The lowest BCUT2D eigenvalue weighted by atomic mass is 10.0. The number of pyridine rings is 2. The molecule has 1 saturated heterocycles. The number of anilines is 2. The van der Waals surface area contributed by atoms with Crippen molar-refractivity contribution in [2.45, 2.75) is 13.1 Å². The largest absolute Gasteiger partial charge is 0.416 e. The zero-order valence-electron chi connectivity index (χ0n) is 18.2. The number of carbonyl (C=O) groups excluding carboxylic acids is 1. The number of aromatic nitrogens is 2. The molecule has 10 heteroatoms. The second-order valence-electron chi connectivity index (χ2n) is 7.69. The molecule has 0 spiro atoms. The van der Waals surface area contributed by atoms with Crippen LogP contribution < -0.4 is 10.2 Å². The van der Waals surface area contributed by atoms with E-state index in [1.807, 2.05) is 11.0 Å². The lowest BCUT2D eigenvalue weighted by molar-refractivity contribution is -0.137. The summed E-state index contributed by atoms with van der Waals surface area (Å²) in [6, 6.07) is 9.85. The van der Waals surface area contributed by atoms with Crippen LogP contribution >= 0.6 is 0 Å². The van der Waals surface area contributed by atoms with Crippen molar-refractivity contribution >= 4 is 17.3 Å². The van der Waals surface area contributed by atoms with Crippen molar-refractivity contribution < 1.29 is 22.7 Å². The van der Waals surface area contributed by atoms with Gasteiger partial charge in [-0.2, -0.15) is 18.4 Å². The lowest BCUT2D eigenvalue weighted by Crippen LogP contribution is -2.36. The van der Waals surface area contributed by atoms with Gasteiger partial charge in [-0.05, 0) is 37.3 Å². The predicted molar refractivity (Wildman–Crippen MR) is 119 cm³/mol. The summed E-state index contributed by atoms with van der Waals surface area (Å²) in [5.74, 6) is -0.685. The number of hydrogen-bond acceptors (Lipinski definition) is 6. The summed E-state index contributed by atoms with van der Waals surface area (Å²) >= 11 is 0. The molecule has 0 saturated carbocycles. The van der Waals surface area contributed by atoms with Gasteiger partial charge in [-0.1, -0.05) is 6.07 Å². The minimum absolute atomic E-state index is 0.119. The highest BCUT2D eigenvalue weighted by molar-refractivity contribution is 6.04. The molecule has 7 nitrogen and oxygen atoms in total. The summed E-state index contributed by atoms with van der Waals surface area (Å²) in [5.41, 5.74) is 2.31. The SMILES string of the molecule is Cc1ncc(NC(=O)c2cccc(C(F)(F)F)c2)cc1-c1cnc(C#N)c(N2CCOCC2)c1. The Morgan fingerprint density at radius 1 is 1.15 bits per heavy atom. The maximum absolute atomic E-state index is 13.0. The van der Waals surface area contributed by atoms with Crippen LogP contribution in [0.2, 0.25) is 0 Å². The molecule has 1 amide bonds. The summed E-state index contributed by atoms with van der Waals surface area (Å²) < 4.78 is 44.3. The number of nitrogens with zero attached hydrogens (tertiary/aromatic N) is 4. The summed E-state index contributed by atoms with van der Waals surface area (Å²) in [7, 11) is 0. The first-order valence-electron chi connectivity index (χ1n) is 10.4. The molecule has 0 radical (unpaired) electrons. The molecule has 1 fully saturated rings. The fourth-order valence-electron chi connectivity index (χ4n) is 3.67. The molecule has 0 atom stereocenters. The lowest BCUT2D eigenvalue weighted by Gasteiger charge is -2.29. The maximum atomic E-state index is 13.0. The minimum Gasteiger partial charge on any atom is -0.378 e. The van der Waals surface area contributed by atoms with Gasteiger partial charge in [0, 0.05) is 41.7 Å². The van der Waals surface area contributed by atoms with Gasteiger partial charge in [0.15, 0.2) is 5.69 Å². The van der Waals surface area contributed by atoms with Crippen molar-refractivity contribution in [3.63, 3.8) is 0 Å². The third-order valence-corrected chi connectivity index (χ3v) is 5.43. The molecule has 3 heterocycles. The number of amides is 1. The first-order valence-corrected chi connectivity index (χ1v) is 10.4. The fraction of sp³-hybridized carbons (Fsp3) is 0.250. The quantitative estimate of drug-likeness (QED) is 0.611. The molecule has 1 aliphatic rings. The Bertz CT molecular complexity index is 1260. The van der Waals surface area contributed by atoms with E-state index in [0.717, 1.165) is 12.1 Å². The Kier molecular flexibility index (Phi) is 6.47. The molecule has 34 heavy (non-hydrogen) atoms. The molecule has 1 aliphatic heterocycles. The molecule has 0 bridgehead atoms. The van der Waals surface area contributed by atoms with Crippen LogP contribution in [0.3, 0.4) is 0 Å². The van der Waals surface area contributed by atoms with Crippen molar-refractivity contribution in [3.05, 3.63) is 71.3 Å². The third-order valence-electron chi connectivity index (χ3n) is 5.43. The zero-order valence-corrected chi connectivity index (χ0v) is 18.2. The summed E-state index contributed by atoms with van der Waals surface area (Å²) in [6.07, 6.45) is -1.55. The van der Waals surface area contributed by atoms with Crippen molar-refractivity contribution in [1.82, 2.24) is 9.97 Å². The van der Waals surface area contributed by atoms with E-state index in [2.05, 4.69) is 21.4 Å². The number of nitriles is 1. The number of aryl methyl sites for hydroxylation is 1. The third kappa shape index (κ3) is 5.00. The summed E-state index contributed by atoms with van der Waals surface area (Å²) in [5, 5.41) is 12.1. The summed E-state index contributed by atoms with van der Waals surface area (Å²) in [6.45, 7) is 4.15. The topological polar surface area (TPSA) is 91.1 Å². The first kappa shape index (κ1) is 23.2. The van der Waals surface area contributed by atoms with E-state index in [1.54, 1.807) is 19.2 Å². The van der Waals surface area contributed by atoms with Crippen LogP contribution in [0, 0.1) is 18.3 Å². The van der Waals surface area contributed by atoms with E-state index >= 15 is 0 Å². The molecule has 174 valence electrons. The maximum Gasteiger partial charge on any atom is 0.416 e. The van der Waals surface area contributed by atoms with Crippen LogP contribution in [0.5, 0.6) is 0 Å². The highest BCUT2D eigenvalue weighted by Crippen LogP contribution is 2.31. The van der Waals surface area contributed by atoms with Crippen molar-refractivity contribution in [2.75, 3.05) is 36.5 Å². The highest BCUT2D eigenvalue weighted by Gasteiger charge is 2.31. The van der Waals surface area contributed by atoms with Gasteiger partial charge in [-0.25, -0.2) is 4.98 Å². The number of rotatable bonds is 4. The van der Waals surface area contributed by atoms with E-state index in [1.165, 1.54) is 18.3 Å². The van der Waals surface area contributed by atoms with Crippen molar-refractivity contribution in [3.8, 4) is 17.2 Å². The average Bonchev–Trinajstić information content (AvgIpc) is 2.85. The molecule has 0 unspecified atom stereocenters. The Morgan fingerprint density at radius 2 is 1.91 bits per heavy atom. The van der Waals surface area contributed by atoms with Gasteiger partial charge >= 0.3 is 6.18 Å². The number of carbonyl (C=O) groups is 1. The van der Waals surface area contributed by atoms with E-state index in [9.17, 15) is 23.2 Å². The van der Waals surface area contributed by atoms with Crippen molar-refractivity contribution in [2.24, 2.45) is 0 Å². The van der Waals surface area contributed by atoms with Crippen molar-refractivity contribution in [1.29, 1.82) is 5.26 Å². The van der Waals surface area contributed by atoms with E-state index < -0.39 is 17.6 Å². The number of morpholine rings is 1. The number of nitrogens with one attached hydrogen (secondary N) is 1. The van der Waals surface area contributed by atoms with Gasteiger partial charge < -0.3 is 15.0 Å². The molecule has 1 aromatic carbocycles. The van der Waals surface area contributed by atoms with Crippen LogP contribution in [-0.4, -0.2) is 42.2 Å². The van der Waals surface area contributed by atoms with Gasteiger partial charge in [-0.15, -0.1) is 0 Å². The second-order valence-corrected chi connectivity index (χ2v) is 7.69. The predicted octanol–water partition coefficient (Wildman–Crippen LogP) is 4.43. The number of alkyl halides is 3. The van der Waals surface area contributed by atoms with Gasteiger partial charge in [-0.3, -0.25) is 9.78 Å². The number of benzene rings is 1. The summed E-state index contributed by atoms with van der Waals surface area (Å²) in [4.78, 5) is 23.2. The standard InChI is InChI=1S/C24H20F3N5O2/c1-15-20(17-10-22(21(12-28)30-13-17)32-5-7-34-8-6-32)11-19(14-29-15)31-23(33)16-3-2-4-18(9-16)24(25,26)27/h2-4,9-11,13-14H,5-8H2,1H3,(H,31,33). The van der Waals surface area contributed by atoms with Crippen LogP contribution in [0.1, 0.15) is 27.3 Å². The first-order chi connectivity index (χ1) is 16.3.